The van der Waals surface area contributed by atoms with Gasteiger partial charge in [-0.25, -0.2) is 0 Å². The Morgan fingerprint density at radius 2 is 2.31 bits per heavy atom. The molecule has 0 aromatic heterocycles. The predicted molar refractivity (Wildman–Crippen MR) is 58.1 cm³/mol. The summed E-state index contributed by atoms with van der Waals surface area (Å²) in [6.45, 7) is 0. The van der Waals surface area contributed by atoms with Crippen LogP contribution in [-0.4, -0.2) is 12.9 Å². The average Bonchev–Trinajstić information content (AvgIpc) is 2.16. The van der Waals surface area contributed by atoms with E-state index in [1.54, 1.807) is 13.2 Å². The van der Waals surface area contributed by atoms with Gasteiger partial charge in [0.05, 0.1) is 18.6 Å². The Bertz CT molecular complexity index is 352. The molecule has 0 atom stereocenters. The Balaban J connectivity index is 2.99. The summed E-state index contributed by atoms with van der Waals surface area (Å²) in [5, 5.41) is 0. The molecule has 0 aliphatic heterocycles. The van der Waals surface area contributed by atoms with Crippen molar-refractivity contribution in [3.63, 3.8) is 0 Å². The molecule has 0 amide bonds. The van der Waals surface area contributed by atoms with Gasteiger partial charge in [0.2, 0.25) is 0 Å². The molecule has 0 saturated heterocycles. The summed E-state index contributed by atoms with van der Waals surface area (Å²) >= 11 is 3.99. The van der Waals surface area contributed by atoms with E-state index < -0.39 is 0 Å². The van der Waals surface area contributed by atoms with Gasteiger partial charge in [-0.15, -0.1) is 0 Å². The van der Waals surface area contributed by atoms with Crippen LogP contribution in [-0.2, 0) is 0 Å². The second-order valence-electron chi connectivity index (χ2n) is 2.42. The molecular formula is C10H11NOS. The van der Waals surface area contributed by atoms with E-state index >= 15 is 0 Å². The second-order valence-corrected chi connectivity index (χ2v) is 2.73. The number of rotatable bonds is 1. The molecule has 68 valence electrons. The summed E-state index contributed by atoms with van der Waals surface area (Å²) < 4.78 is 5.05. The van der Waals surface area contributed by atoms with Gasteiger partial charge < -0.3 is 10.5 Å². The molecule has 1 aromatic carbocycles. The highest BCUT2D eigenvalue weighted by Crippen LogP contribution is 2.21. The fourth-order valence-electron chi connectivity index (χ4n) is 0.930. The van der Waals surface area contributed by atoms with Crippen molar-refractivity contribution >= 4 is 18.3 Å². The van der Waals surface area contributed by atoms with Crippen molar-refractivity contribution < 1.29 is 4.74 Å². The van der Waals surface area contributed by atoms with Gasteiger partial charge in [-0.05, 0) is 18.2 Å². The summed E-state index contributed by atoms with van der Waals surface area (Å²) in [5.41, 5.74) is 7.15. The number of nitrogen functional groups attached to an aromatic ring is 1. The summed E-state index contributed by atoms with van der Waals surface area (Å²) in [7, 11) is 1.58. The molecule has 0 spiro atoms. The van der Waals surface area contributed by atoms with E-state index in [1.807, 2.05) is 12.1 Å². The molecular weight excluding hydrogens is 182 g/mol. The number of hydrogen-bond donors (Lipinski definition) is 2. The first kappa shape index (κ1) is 9.82. The van der Waals surface area contributed by atoms with E-state index in [9.17, 15) is 0 Å². The number of nitrogens with two attached hydrogens (primary N) is 1. The van der Waals surface area contributed by atoms with Gasteiger partial charge in [0.1, 0.15) is 5.75 Å². The first-order valence-electron chi connectivity index (χ1n) is 3.81. The zero-order chi connectivity index (χ0) is 9.68. The molecule has 0 fully saturated rings. The molecule has 13 heavy (non-hydrogen) atoms. The van der Waals surface area contributed by atoms with E-state index in [0.717, 1.165) is 5.56 Å². The molecule has 2 N–H and O–H groups in total. The lowest BCUT2D eigenvalue weighted by Gasteiger charge is -2.03. The summed E-state index contributed by atoms with van der Waals surface area (Å²) in [6, 6.07) is 5.45. The third-order valence-electron chi connectivity index (χ3n) is 1.55. The predicted octanol–water partition coefficient (Wildman–Crippen LogP) is 1.56. The second kappa shape index (κ2) is 4.68. The monoisotopic (exact) mass is 193 g/mol. The number of thiol groups is 1. The number of benzene rings is 1. The molecule has 0 aliphatic rings. The smallest absolute Gasteiger partial charge is 0.142 e. The Morgan fingerprint density at radius 1 is 1.54 bits per heavy atom. The van der Waals surface area contributed by atoms with Gasteiger partial charge in [-0.3, -0.25) is 0 Å². The molecule has 0 aliphatic carbocycles. The van der Waals surface area contributed by atoms with Crippen LogP contribution >= 0.6 is 12.6 Å². The maximum absolute atomic E-state index is 5.64. The molecule has 1 rings (SSSR count). The van der Waals surface area contributed by atoms with E-state index in [0.29, 0.717) is 17.2 Å². The summed E-state index contributed by atoms with van der Waals surface area (Å²) in [4.78, 5) is 0. The molecule has 0 heterocycles. The normalized spacial score (nSPS) is 8.77. The van der Waals surface area contributed by atoms with Crippen LogP contribution in [0.5, 0.6) is 5.75 Å². The number of methoxy groups -OCH3 is 1. The van der Waals surface area contributed by atoms with Crippen molar-refractivity contribution in [2.75, 3.05) is 18.6 Å². The van der Waals surface area contributed by atoms with Gasteiger partial charge in [0.15, 0.2) is 0 Å². The van der Waals surface area contributed by atoms with Gasteiger partial charge in [0, 0.05) is 5.56 Å². The van der Waals surface area contributed by atoms with Crippen molar-refractivity contribution in [2.45, 2.75) is 0 Å². The van der Waals surface area contributed by atoms with E-state index in [2.05, 4.69) is 24.5 Å². The maximum atomic E-state index is 5.64. The van der Waals surface area contributed by atoms with Gasteiger partial charge in [-0.1, -0.05) is 11.8 Å². The molecule has 3 heteroatoms. The molecule has 0 radical (unpaired) electrons. The van der Waals surface area contributed by atoms with Crippen molar-refractivity contribution in [2.24, 2.45) is 0 Å². The summed E-state index contributed by atoms with van der Waals surface area (Å²) in [5.74, 6) is 6.99. The Morgan fingerprint density at radius 3 is 2.92 bits per heavy atom. The lowest BCUT2D eigenvalue weighted by Crippen LogP contribution is -1.92. The van der Waals surface area contributed by atoms with Crippen molar-refractivity contribution in [3.05, 3.63) is 23.8 Å². The van der Waals surface area contributed by atoms with Crippen LogP contribution in [0.4, 0.5) is 5.69 Å². The third-order valence-corrected chi connectivity index (χ3v) is 1.70. The van der Waals surface area contributed by atoms with Crippen molar-refractivity contribution in [3.8, 4) is 17.6 Å². The van der Waals surface area contributed by atoms with Crippen LogP contribution in [0.25, 0.3) is 0 Å². The number of ether oxygens (including phenoxy) is 1. The average molecular weight is 193 g/mol. The molecule has 0 unspecified atom stereocenters. The zero-order valence-electron chi connectivity index (χ0n) is 7.37. The minimum Gasteiger partial charge on any atom is -0.495 e. The Hall–Kier alpha value is -1.27. The fraction of sp³-hybridized carbons (Fsp3) is 0.200. The van der Waals surface area contributed by atoms with Crippen molar-refractivity contribution in [1.82, 2.24) is 0 Å². The van der Waals surface area contributed by atoms with Crippen molar-refractivity contribution in [1.29, 1.82) is 0 Å². The lowest BCUT2D eigenvalue weighted by atomic mass is 10.2. The van der Waals surface area contributed by atoms with Crippen LogP contribution in [0.2, 0.25) is 0 Å². The van der Waals surface area contributed by atoms with E-state index in [-0.39, 0.29) is 0 Å². The van der Waals surface area contributed by atoms with Crippen LogP contribution in [0.1, 0.15) is 5.56 Å². The lowest BCUT2D eigenvalue weighted by molar-refractivity contribution is 0.417. The minimum atomic E-state index is 0.548. The first-order chi connectivity index (χ1) is 6.27. The van der Waals surface area contributed by atoms with Gasteiger partial charge >= 0.3 is 0 Å². The van der Waals surface area contributed by atoms with Crippen LogP contribution < -0.4 is 10.5 Å². The third kappa shape index (κ3) is 2.60. The molecule has 2 nitrogen and oxygen atoms in total. The van der Waals surface area contributed by atoms with Gasteiger partial charge in [-0.2, -0.15) is 12.6 Å². The standard InChI is InChI=1S/C10H11NOS/c1-12-10-7-8(3-2-6-13)4-5-9(10)11/h4-5,7,13H,6,11H2,1H3. The highest BCUT2D eigenvalue weighted by atomic mass is 32.1. The first-order valence-corrected chi connectivity index (χ1v) is 4.44. The quantitative estimate of drug-likeness (QED) is 0.403. The van der Waals surface area contributed by atoms with E-state index in [4.69, 9.17) is 10.5 Å². The maximum Gasteiger partial charge on any atom is 0.142 e. The number of hydrogen-bond acceptors (Lipinski definition) is 3. The fourth-order valence-corrected chi connectivity index (χ4v) is 1.01. The topological polar surface area (TPSA) is 35.2 Å². The molecule has 1 aromatic rings. The Labute approximate surface area is 83.5 Å². The SMILES string of the molecule is COc1cc(C#CCS)ccc1N. The van der Waals surface area contributed by atoms with E-state index in [1.165, 1.54) is 0 Å². The highest BCUT2D eigenvalue weighted by molar-refractivity contribution is 7.80. The minimum absolute atomic E-state index is 0.548. The van der Waals surface area contributed by atoms with Crippen LogP contribution in [0.3, 0.4) is 0 Å². The summed E-state index contributed by atoms with van der Waals surface area (Å²) in [6.07, 6.45) is 0. The van der Waals surface area contributed by atoms with Gasteiger partial charge in [0.25, 0.3) is 0 Å². The zero-order valence-corrected chi connectivity index (χ0v) is 8.27. The largest absolute Gasteiger partial charge is 0.495 e. The van der Waals surface area contributed by atoms with Crippen LogP contribution in [0, 0.1) is 11.8 Å². The number of anilines is 1. The highest BCUT2D eigenvalue weighted by Gasteiger charge is 1.97. The molecule has 0 bridgehead atoms. The molecule has 0 saturated carbocycles. The Kier molecular flexibility index (Phi) is 3.53. The van der Waals surface area contributed by atoms with Crippen LogP contribution in [0.15, 0.2) is 18.2 Å².